The molecule has 0 aliphatic carbocycles. The van der Waals surface area contributed by atoms with Crippen molar-refractivity contribution >= 4 is 23.2 Å². The predicted molar refractivity (Wildman–Crippen MR) is 99.1 cm³/mol. The Kier molecular flexibility index (Phi) is 6.53. The molecule has 6 heteroatoms. The molecule has 0 radical (unpaired) electrons. The van der Waals surface area contributed by atoms with E-state index in [1.807, 2.05) is 19.9 Å². The molecule has 0 saturated carbocycles. The van der Waals surface area contributed by atoms with Crippen LogP contribution in [0.1, 0.15) is 18.9 Å². The Balaban J connectivity index is 2.15. The molecule has 1 atom stereocenters. The molecule has 0 aliphatic heterocycles. The monoisotopic (exact) mass is 363 g/mol. The summed E-state index contributed by atoms with van der Waals surface area (Å²) in [5.74, 6) is 1.51. The van der Waals surface area contributed by atoms with E-state index in [0.717, 1.165) is 5.56 Å². The number of hydrogen-bond donors (Lipinski definition) is 1. The molecular formula is C19H22ClNO4. The van der Waals surface area contributed by atoms with Crippen LogP contribution in [0.3, 0.4) is 0 Å². The molecule has 0 aliphatic rings. The number of methoxy groups -OCH3 is 2. The first kappa shape index (κ1) is 18.9. The maximum absolute atomic E-state index is 12.6. The van der Waals surface area contributed by atoms with Gasteiger partial charge in [0, 0.05) is 11.1 Å². The van der Waals surface area contributed by atoms with Gasteiger partial charge in [0.2, 0.25) is 0 Å². The van der Waals surface area contributed by atoms with Crippen molar-refractivity contribution in [2.75, 3.05) is 19.5 Å². The summed E-state index contributed by atoms with van der Waals surface area (Å²) in [4.78, 5) is 12.6. The topological polar surface area (TPSA) is 56.8 Å². The van der Waals surface area contributed by atoms with E-state index in [1.54, 1.807) is 44.6 Å². The van der Waals surface area contributed by atoms with Crippen LogP contribution in [0.25, 0.3) is 0 Å². The van der Waals surface area contributed by atoms with E-state index in [9.17, 15) is 4.79 Å². The Morgan fingerprint density at radius 1 is 1.12 bits per heavy atom. The predicted octanol–water partition coefficient (Wildman–Crippen LogP) is 4.46. The number of ether oxygens (including phenoxy) is 3. The van der Waals surface area contributed by atoms with Gasteiger partial charge in [-0.2, -0.15) is 0 Å². The fourth-order valence-electron chi connectivity index (χ4n) is 2.30. The lowest BCUT2D eigenvalue weighted by atomic mass is 10.2. The quantitative estimate of drug-likeness (QED) is 0.789. The summed E-state index contributed by atoms with van der Waals surface area (Å²) in [6.45, 7) is 3.77. The fourth-order valence-corrected chi connectivity index (χ4v) is 2.42. The lowest BCUT2D eigenvalue weighted by Gasteiger charge is -2.19. The van der Waals surface area contributed by atoms with Crippen molar-refractivity contribution in [1.29, 1.82) is 0 Å². The Labute approximate surface area is 152 Å². The molecule has 0 heterocycles. The minimum absolute atomic E-state index is 0.262. The van der Waals surface area contributed by atoms with Crippen LogP contribution in [0.2, 0.25) is 5.02 Å². The standard InChI is InChI=1S/C19H22ClNO4/c1-5-17(25-14-6-8-15(20)12(2)10-14)19(22)21-16-11-13(23-3)7-9-18(16)24-4/h6-11,17H,5H2,1-4H3,(H,21,22). The van der Waals surface area contributed by atoms with Crippen molar-refractivity contribution in [1.82, 2.24) is 0 Å². The molecule has 5 nitrogen and oxygen atoms in total. The molecule has 134 valence electrons. The molecule has 0 saturated heterocycles. The van der Waals surface area contributed by atoms with E-state index in [-0.39, 0.29) is 5.91 Å². The number of amides is 1. The zero-order valence-electron chi connectivity index (χ0n) is 14.8. The summed E-state index contributed by atoms with van der Waals surface area (Å²) in [6, 6.07) is 10.5. The molecule has 1 N–H and O–H groups in total. The SMILES string of the molecule is CCC(Oc1ccc(Cl)c(C)c1)C(=O)Nc1cc(OC)ccc1OC. The van der Waals surface area contributed by atoms with Gasteiger partial charge < -0.3 is 19.5 Å². The molecule has 0 aromatic heterocycles. The molecule has 2 aromatic carbocycles. The van der Waals surface area contributed by atoms with Gasteiger partial charge in [-0.05, 0) is 49.2 Å². The number of anilines is 1. The molecule has 0 fully saturated rings. The third kappa shape index (κ3) is 4.79. The molecule has 2 rings (SSSR count). The molecule has 2 aromatic rings. The van der Waals surface area contributed by atoms with Crippen LogP contribution in [0.15, 0.2) is 36.4 Å². The van der Waals surface area contributed by atoms with Gasteiger partial charge in [-0.25, -0.2) is 0 Å². The average molecular weight is 364 g/mol. The van der Waals surface area contributed by atoms with Crippen molar-refractivity contribution in [3.8, 4) is 17.2 Å². The lowest BCUT2D eigenvalue weighted by molar-refractivity contribution is -0.122. The van der Waals surface area contributed by atoms with Crippen LogP contribution in [-0.4, -0.2) is 26.2 Å². The summed E-state index contributed by atoms with van der Waals surface area (Å²) < 4.78 is 16.3. The van der Waals surface area contributed by atoms with Crippen molar-refractivity contribution in [2.45, 2.75) is 26.4 Å². The molecular weight excluding hydrogens is 342 g/mol. The summed E-state index contributed by atoms with van der Waals surface area (Å²) in [6.07, 6.45) is -0.128. The first-order valence-electron chi connectivity index (χ1n) is 7.94. The largest absolute Gasteiger partial charge is 0.497 e. The van der Waals surface area contributed by atoms with Crippen LogP contribution in [0.4, 0.5) is 5.69 Å². The van der Waals surface area contributed by atoms with E-state index < -0.39 is 6.10 Å². The summed E-state index contributed by atoms with van der Waals surface area (Å²) in [5, 5.41) is 3.50. The Morgan fingerprint density at radius 3 is 2.44 bits per heavy atom. The van der Waals surface area contributed by atoms with Gasteiger partial charge in [-0.3, -0.25) is 4.79 Å². The third-order valence-corrected chi connectivity index (χ3v) is 4.16. The van der Waals surface area contributed by atoms with Gasteiger partial charge in [0.1, 0.15) is 17.2 Å². The summed E-state index contributed by atoms with van der Waals surface area (Å²) in [7, 11) is 3.11. The lowest BCUT2D eigenvalue weighted by Crippen LogP contribution is -2.32. The van der Waals surface area contributed by atoms with E-state index in [0.29, 0.717) is 34.4 Å². The molecule has 0 spiro atoms. The number of carbonyl (C=O) groups is 1. The number of halogens is 1. The van der Waals surface area contributed by atoms with Crippen molar-refractivity contribution in [3.05, 3.63) is 47.0 Å². The van der Waals surface area contributed by atoms with E-state index in [4.69, 9.17) is 25.8 Å². The smallest absolute Gasteiger partial charge is 0.265 e. The van der Waals surface area contributed by atoms with Gasteiger partial charge in [-0.15, -0.1) is 0 Å². The number of hydrogen-bond acceptors (Lipinski definition) is 4. The van der Waals surface area contributed by atoms with Crippen LogP contribution < -0.4 is 19.5 Å². The zero-order chi connectivity index (χ0) is 18.4. The van der Waals surface area contributed by atoms with Gasteiger partial charge in [0.25, 0.3) is 5.91 Å². The maximum atomic E-state index is 12.6. The summed E-state index contributed by atoms with van der Waals surface area (Å²) >= 11 is 6.02. The Hall–Kier alpha value is -2.40. The Morgan fingerprint density at radius 2 is 1.84 bits per heavy atom. The fraction of sp³-hybridized carbons (Fsp3) is 0.316. The van der Waals surface area contributed by atoms with Crippen LogP contribution in [0, 0.1) is 6.92 Å². The highest BCUT2D eigenvalue weighted by molar-refractivity contribution is 6.31. The molecule has 25 heavy (non-hydrogen) atoms. The first-order valence-corrected chi connectivity index (χ1v) is 8.32. The highest BCUT2D eigenvalue weighted by Gasteiger charge is 2.20. The number of nitrogens with one attached hydrogen (secondary N) is 1. The molecule has 1 amide bonds. The number of benzene rings is 2. The van der Waals surface area contributed by atoms with Gasteiger partial charge >= 0.3 is 0 Å². The first-order chi connectivity index (χ1) is 12.0. The molecule has 1 unspecified atom stereocenters. The number of carbonyl (C=O) groups excluding carboxylic acids is 1. The summed E-state index contributed by atoms with van der Waals surface area (Å²) in [5.41, 5.74) is 1.42. The van der Waals surface area contributed by atoms with Crippen molar-refractivity contribution in [3.63, 3.8) is 0 Å². The second-order valence-corrected chi connectivity index (χ2v) is 5.89. The third-order valence-electron chi connectivity index (χ3n) is 3.74. The van der Waals surface area contributed by atoms with Gasteiger partial charge in [0.05, 0.1) is 19.9 Å². The van der Waals surface area contributed by atoms with E-state index in [1.165, 1.54) is 0 Å². The van der Waals surface area contributed by atoms with Crippen LogP contribution in [0.5, 0.6) is 17.2 Å². The highest BCUT2D eigenvalue weighted by Crippen LogP contribution is 2.29. The van der Waals surface area contributed by atoms with Gasteiger partial charge in [-0.1, -0.05) is 18.5 Å². The van der Waals surface area contributed by atoms with Crippen molar-refractivity contribution in [2.24, 2.45) is 0 Å². The minimum atomic E-state index is -0.642. The van der Waals surface area contributed by atoms with E-state index >= 15 is 0 Å². The second kappa shape index (κ2) is 8.62. The van der Waals surface area contributed by atoms with Crippen LogP contribution in [-0.2, 0) is 4.79 Å². The zero-order valence-corrected chi connectivity index (χ0v) is 15.5. The average Bonchev–Trinajstić information content (AvgIpc) is 2.62. The highest BCUT2D eigenvalue weighted by atomic mass is 35.5. The number of rotatable bonds is 7. The maximum Gasteiger partial charge on any atom is 0.265 e. The van der Waals surface area contributed by atoms with Crippen LogP contribution >= 0.6 is 11.6 Å². The minimum Gasteiger partial charge on any atom is -0.497 e. The normalized spacial score (nSPS) is 11.6. The van der Waals surface area contributed by atoms with E-state index in [2.05, 4.69) is 5.32 Å². The molecule has 0 bridgehead atoms. The number of aryl methyl sites for hydroxylation is 1. The second-order valence-electron chi connectivity index (χ2n) is 5.48. The van der Waals surface area contributed by atoms with Crippen molar-refractivity contribution < 1.29 is 19.0 Å². The Bertz CT molecular complexity index is 748. The van der Waals surface area contributed by atoms with Gasteiger partial charge in [0.15, 0.2) is 6.10 Å².